The van der Waals surface area contributed by atoms with Crippen LogP contribution in [0.15, 0.2) is 53.4 Å². The minimum atomic E-state index is -1.12. The Kier molecular flexibility index (Phi) is 6.86. The lowest BCUT2D eigenvalue weighted by atomic mass is 10.2. The molecule has 0 aliphatic carbocycles. The second-order valence-electron chi connectivity index (χ2n) is 6.43. The number of carbonyl (C=O) groups is 3. The maximum atomic E-state index is 12.3. The average Bonchev–Trinajstić information content (AvgIpc) is 2.96. The van der Waals surface area contributed by atoms with Crippen LogP contribution in [0, 0.1) is 6.92 Å². The first-order valence-electron chi connectivity index (χ1n) is 8.88. The number of hydrogen-bond acceptors (Lipinski definition) is 6. The van der Waals surface area contributed by atoms with E-state index >= 15 is 0 Å². The van der Waals surface area contributed by atoms with Gasteiger partial charge in [-0.15, -0.1) is 0 Å². The van der Waals surface area contributed by atoms with E-state index in [-0.39, 0.29) is 16.8 Å². The molecular weight excluding hydrogens is 424 g/mol. The summed E-state index contributed by atoms with van der Waals surface area (Å²) in [4.78, 5) is 36.5. The summed E-state index contributed by atoms with van der Waals surface area (Å²) in [5, 5.41) is 11.6. The van der Waals surface area contributed by atoms with Crippen LogP contribution in [-0.2, 0) is 14.4 Å². The largest absolute Gasteiger partial charge is 0.484 e. The van der Waals surface area contributed by atoms with Gasteiger partial charge in [-0.1, -0.05) is 53.8 Å². The monoisotopic (exact) mass is 442 g/mol. The van der Waals surface area contributed by atoms with Crippen LogP contribution in [0.25, 0.3) is 6.08 Å². The summed E-state index contributed by atoms with van der Waals surface area (Å²) in [6, 6.07) is 14.3. The van der Waals surface area contributed by atoms with Gasteiger partial charge >= 0.3 is 5.97 Å². The third-order valence-corrected chi connectivity index (χ3v) is 5.43. The number of rotatable bonds is 7. The fourth-order valence-electron chi connectivity index (χ4n) is 2.57. The number of benzene rings is 2. The molecule has 0 aromatic heterocycles. The average molecular weight is 443 g/mol. The third kappa shape index (κ3) is 5.68. The normalized spacial score (nSPS) is 14.8. The highest BCUT2D eigenvalue weighted by Crippen LogP contribution is 2.32. The number of carbonyl (C=O) groups excluding carboxylic acids is 2. The molecule has 3 rings (SSSR count). The number of thiocarbonyl (C=S) groups is 1. The highest BCUT2D eigenvalue weighted by atomic mass is 32.2. The molecule has 1 saturated heterocycles. The summed E-state index contributed by atoms with van der Waals surface area (Å²) < 4.78 is 5.70. The number of carboxylic acid groups (broad SMARTS) is 1. The predicted molar refractivity (Wildman–Crippen MR) is 119 cm³/mol. The van der Waals surface area contributed by atoms with Crippen LogP contribution in [0.4, 0.5) is 5.69 Å². The van der Waals surface area contributed by atoms with Crippen molar-refractivity contribution in [3.8, 4) is 5.75 Å². The summed E-state index contributed by atoms with van der Waals surface area (Å²) in [6.45, 7) is 1.37. The molecule has 0 radical (unpaired) electrons. The van der Waals surface area contributed by atoms with Gasteiger partial charge in [0.25, 0.3) is 11.8 Å². The van der Waals surface area contributed by atoms with E-state index < -0.39 is 18.4 Å². The van der Waals surface area contributed by atoms with Crippen LogP contribution in [0.5, 0.6) is 5.75 Å². The van der Waals surface area contributed by atoms with Crippen molar-refractivity contribution in [2.45, 2.75) is 6.92 Å². The Bertz CT molecular complexity index is 1020. The van der Waals surface area contributed by atoms with Gasteiger partial charge in [0, 0.05) is 5.69 Å². The minimum absolute atomic E-state index is 0.138. The molecule has 7 nitrogen and oxygen atoms in total. The molecule has 2 aromatic rings. The lowest BCUT2D eigenvalue weighted by molar-refractivity contribution is -0.140. The summed E-state index contributed by atoms with van der Waals surface area (Å²) in [7, 11) is 0. The molecule has 9 heteroatoms. The Morgan fingerprint density at radius 2 is 1.83 bits per heavy atom. The van der Waals surface area contributed by atoms with Crippen LogP contribution in [0.3, 0.4) is 0 Å². The van der Waals surface area contributed by atoms with Crippen molar-refractivity contribution < 1.29 is 24.2 Å². The number of nitrogens with zero attached hydrogens (tertiary/aromatic N) is 1. The van der Waals surface area contributed by atoms with E-state index in [0.29, 0.717) is 16.3 Å². The zero-order valence-electron chi connectivity index (χ0n) is 16.0. The molecule has 2 aromatic carbocycles. The standard InChI is InChI=1S/C21H18N2O5S2/c1-13-2-6-15(7-3-13)22-18(24)12-28-16-8-4-14(5-9-16)10-17-20(27)23(11-19(25)26)21(29)30-17/h2-10H,11-12H2,1H3,(H,22,24)(H,25,26)/b17-10-. The maximum Gasteiger partial charge on any atom is 0.323 e. The number of amides is 2. The molecule has 1 aliphatic heterocycles. The maximum absolute atomic E-state index is 12.3. The second kappa shape index (κ2) is 9.55. The van der Waals surface area contributed by atoms with Crippen LogP contribution in [-0.4, -0.2) is 45.3 Å². The fourth-order valence-corrected chi connectivity index (χ4v) is 3.82. The molecule has 0 unspecified atom stereocenters. The van der Waals surface area contributed by atoms with E-state index in [1.165, 1.54) is 0 Å². The van der Waals surface area contributed by atoms with Gasteiger partial charge in [0.2, 0.25) is 0 Å². The van der Waals surface area contributed by atoms with E-state index in [2.05, 4.69) is 5.32 Å². The van der Waals surface area contributed by atoms with Gasteiger partial charge in [0.1, 0.15) is 16.6 Å². The van der Waals surface area contributed by atoms with Gasteiger partial charge < -0.3 is 15.2 Å². The topological polar surface area (TPSA) is 95.9 Å². The van der Waals surface area contributed by atoms with Gasteiger partial charge in [0.15, 0.2) is 6.61 Å². The number of thioether (sulfide) groups is 1. The Labute approximate surface area is 182 Å². The molecule has 0 bridgehead atoms. The number of carboxylic acids is 1. The molecule has 0 saturated carbocycles. The highest BCUT2D eigenvalue weighted by Gasteiger charge is 2.33. The number of hydrogen-bond donors (Lipinski definition) is 2. The van der Waals surface area contributed by atoms with Crippen LogP contribution < -0.4 is 10.1 Å². The van der Waals surface area contributed by atoms with Crippen molar-refractivity contribution >= 4 is 57.8 Å². The molecule has 1 heterocycles. The van der Waals surface area contributed by atoms with E-state index in [1.807, 2.05) is 31.2 Å². The fraction of sp³-hybridized carbons (Fsp3) is 0.143. The summed E-state index contributed by atoms with van der Waals surface area (Å²) in [6.07, 6.45) is 1.63. The van der Waals surface area contributed by atoms with Gasteiger partial charge in [-0.05, 0) is 42.8 Å². The molecule has 154 valence electrons. The van der Waals surface area contributed by atoms with Crippen molar-refractivity contribution in [2.24, 2.45) is 0 Å². The second-order valence-corrected chi connectivity index (χ2v) is 8.11. The van der Waals surface area contributed by atoms with Crippen LogP contribution >= 0.6 is 24.0 Å². The Hall–Kier alpha value is -3.17. The number of ether oxygens (including phenoxy) is 1. The molecule has 2 N–H and O–H groups in total. The van der Waals surface area contributed by atoms with Crippen LogP contribution in [0.2, 0.25) is 0 Å². The van der Waals surface area contributed by atoms with Crippen molar-refractivity contribution in [1.82, 2.24) is 4.90 Å². The van der Waals surface area contributed by atoms with Gasteiger partial charge in [-0.2, -0.15) is 0 Å². The first kappa shape index (κ1) is 21.5. The first-order valence-corrected chi connectivity index (χ1v) is 10.1. The van der Waals surface area contributed by atoms with Crippen molar-refractivity contribution in [3.05, 3.63) is 64.6 Å². The Balaban J connectivity index is 1.56. The van der Waals surface area contributed by atoms with E-state index in [4.69, 9.17) is 22.1 Å². The lowest BCUT2D eigenvalue weighted by Crippen LogP contribution is -2.33. The zero-order valence-corrected chi connectivity index (χ0v) is 17.6. The third-order valence-electron chi connectivity index (χ3n) is 4.05. The minimum Gasteiger partial charge on any atom is -0.484 e. The summed E-state index contributed by atoms with van der Waals surface area (Å²) >= 11 is 6.13. The molecular formula is C21H18N2O5S2. The van der Waals surface area contributed by atoms with Gasteiger partial charge in [-0.3, -0.25) is 19.3 Å². The van der Waals surface area contributed by atoms with Gasteiger partial charge in [0.05, 0.1) is 4.91 Å². The smallest absolute Gasteiger partial charge is 0.323 e. The summed E-state index contributed by atoms with van der Waals surface area (Å²) in [5.74, 6) is -1.32. The molecule has 1 fully saturated rings. The quantitative estimate of drug-likeness (QED) is 0.502. The molecule has 1 aliphatic rings. The number of nitrogens with one attached hydrogen (secondary N) is 1. The molecule has 0 atom stereocenters. The number of aryl methyl sites for hydroxylation is 1. The lowest BCUT2D eigenvalue weighted by Gasteiger charge is -2.10. The van der Waals surface area contributed by atoms with Crippen molar-refractivity contribution in [2.75, 3.05) is 18.5 Å². The highest BCUT2D eigenvalue weighted by molar-refractivity contribution is 8.26. The van der Waals surface area contributed by atoms with E-state index in [0.717, 1.165) is 27.8 Å². The zero-order chi connectivity index (χ0) is 21.7. The Morgan fingerprint density at radius 3 is 2.47 bits per heavy atom. The van der Waals surface area contributed by atoms with E-state index in [1.54, 1.807) is 30.3 Å². The van der Waals surface area contributed by atoms with Crippen molar-refractivity contribution in [1.29, 1.82) is 0 Å². The van der Waals surface area contributed by atoms with E-state index in [9.17, 15) is 14.4 Å². The number of anilines is 1. The van der Waals surface area contributed by atoms with Crippen LogP contribution in [0.1, 0.15) is 11.1 Å². The molecule has 30 heavy (non-hydrogen) atoms. The SMILES string of the molecule is Cc1ccc(NC(=O)COc2ccc(/C=C3\SC(=S)N(CC(=O)O)C3=O)cc2)cc1. The summed E-state index contributed by atoms with van der Waals surface area (Å²) in [5.41, 5.74) is 2.53. The predicted octanol–water partition coefficient (Wildman–Crippen LogP) is 3.30. The molecule has 0 spiro atoms. The Morgan fingerprint density at radius 1 is 1.17 bits per heavy atom. The first-order chi connectivity index (χ1) is 14.3. The number of aliphatic carboxylic acids is 1. The molecule has 2 amide bonds. The van der Waals surface area contributed by atoms with Gasteiger partial charge in [-0.25, -0.2) is 0 Å². The van der Waals surface area contributed by atoms with Crippen molar-refractivity contribution in [3.63, 3.8) is 0 Å².